The van der Waals surface area contributed by atoms with Gasteiger partial charge < -0.3 is 10.2 Å². The van der Waals surface area contributed by atoms with Gasteiger partial charge in [0.25, 0.3) is 0 Å². The molecule has 186 valence electrons. The summed E-state index contributed by atoms with van der Waals surface area (Å²) in [6.45, 7) is 4.12. The fourth-order valence-electron chi connectivity index (χ4n) is 4.52. The van der Waals surface area contributed by atoms with Gasteiger partial charge in [0.05, 0.1) is 0 Å². The molecule has 0 aromatic heterocycles. The maximum Gasteiger partial charge on any atom is 0.123 e. The first kappa shape index (κ1) is 24.9. The quantitative estimate of drug-likeness (QED) is 0.183. The number of phenolic OH excluding ortho intramolecular Hbond substituents is 2. The van der Waals surface area contributed by atoms with Gasteiger partial charge in [-0.1, -0.05) is 120 Å². The predicted octanol–water partition coefficient (Wildman–Crippen LogP) is 8.89. The van der Waals surface area contributed by atoms with Crippen LogP contribution in [0, 0.1) is 13.8 Å². The second kappa shape index (κ2) is 11.1. The van der Waals surface area contributed by atoms with Crippen molar-refractivity contribution in [2.45, 2.75) is 13.8 Å². The van der Waals surface area contributed by atoms with Crippen LogP contribution in [0.3, 0.4) is 0 Å². The normalized spacial score (nSPS) is 11.9. The number of hydrogen-bond acceptors (Lipinski definition) is 2. The molecule has 0 bridgehead atoms. The van der Waals surface area contributed by atoms with Gasteiger partial charge in [-0.15, -0.1) is 0 Å². The Labute approximate surface area is 224 Å². The lowest BCUT2D eigenvalue weighted by atomic mass is 9.93. The minimum Gasteiger partial charge on any atom is -0.507 e. The molecule has 0 radical (unpaired) electrons. The molecule has 0 atom stereocenters. The topological polar surface area (TPSA) is 40.5 Å². The first-order chi connectivity index (χ1) is 18.5. The summed E-state index contributed by atoms with van der Waals surface area (Å²) >= 11 is 0. The van der Waals surface area contributed by atoms with Crippen molar-refractivity contribution in [3.8, 4) is 11.5 Å². The number of benzene rings is 5. The molecule has 0 aliphatic rings. The van der Waals surface area contributed by atoms with E-state index in [-0.39, 0.29) is 11.5 Å². The number of hydrogen-bond donors (Lipinski definition) is 2. The molecule has 0 fully saturated rings. The number of aryl methyl sites for hydroxylation is 2. The summed E-state index contributed by atoms with van der Waals surface area (Å²) in [4.78, 5) is 0. The Morgan fingerprint density at radius 1 is 0.447 bits per heavy atom. The van der Waals surface area contributed by atoms with Crippen LogP contribution in [0.15, 0.2) is 121 Å². The van der Waals surface area contributed by atoms with E-state index in [2.05, 4.69) is 62.4 Å². The molecule has 5 aromatic carbocycles. The Morgan fingerprint density at radius 2 is 0.763 bits per heavy atom. The summed E-state index contributed by atoms with van der Waals surface area (Å²) in [5, 5.41) is 22.2. The van der Waals surface area contributed by atoms with Gasteiger partial charge in [0.2, 0.25) is 0 Å². The largest absolute Gasteiger partial charge is 0.507 e. The Kier molecular flexibility index (Phi) is 7.24. The van der Waals surface area contributed by atoms with Crippen LogP contribution in [-0.4, -0.2) is 10.2 Å². The van der Waals surface area contributed by atoms with E-state index in [4.69, 9.17) is 0 Å². The lowest BCUT2D eigenvalue weighted by molar-refractivity contribution is 0.458. The molecular formula is C36H30O2. The Hall–Kier alpha value is -4.82. The molecule has 0 aliphatic carbocycles. The molecule has 0 spiro atoms. The Balaban J connectivity index is 1.61. The minimum atomic E-state index is 0.103. The van der Waals surface area contributed by atoms with Crippen molar-refractivity contribution in [3.05, 3.63) is 166 Å². The average Bonchev–Trinajstić information content (AvgIpc) is 2.94. The fraction of sp³-hybridized carbons (Fsp3) is 0.0556. The SMILES string of the molecule is Cc1ccc(/C(=C/c2cc(O)c(/C=C(\c3ccccc3)c3ccc(C)cc3)cc2O)c2ccccc2)cc1. The van der Waals surface area contributed by atoms with E-state index >= 15 is 0 Å². The highest BCUT2D eigenvalue weighted by Crippen LogP contribution is 2.36. The molecule has 38 heavy (non-hydrogen) atoms. The van der Waals surface area contributed by atoms with Crippen molar-refractivity contribution in [1.29, 1.82) is 0 Å². The van der Waals surface area contributed by atoms with Gasteiger partial charge in [-0.05, 0) is 71.5 Å². The van der Waals surface area contributed by atoms with Crippen molar-refractivity contribution in [3.63, 3.8) is 0 Å². The van der Waals surface area contributed by atoms with Gasteiger partial charge >= 0.3 is 0 Å². The molecular weight excluding hydrogens is 464 g/mol. The standard InChI is InChI=1S/C36H30O2/c1-25-13-17-29(18-14-25)33(27-9-5-3-6-10-27)21-31-23-36(38)32(24-35(31)37)22-34(28-11-7-4-8-12-28)30-19-15-26(2)16-20-30/h3-24,37-38H,1-2H3/b33-21+,34-22+. The van der Waals surface area contributed by atoms with Crippen LogP contribution in [0.2, 0.25) is 0 Å². The summed E-state index contributed by atoms with van der Waals surface area (Å²) in [5.41, 5.74) is 9.54. The van der Waals surface area contributed by atoms with Crippen molar-refractivity contribution >= 4 is 23.3 Å². The number of rotatable bonds is 6. The summed E-state index contributed by atoms with van der Waals surface area (Å²) in [7, 11) is 0. The second-order valence-corrected chi connectivity index (χ2v) is 9.55. The fourth-order valence-corrected chi connectivity index (χ4v) is 4.52. The Bertz CT molecular complexity index is 1470. The van der Waals surface area contributed by atoms with Crippen LogP contribution in [-0.2, 0) is 0 Å². The molecule has 0 saturated carbocycles. The van der Waals surface area contributed by atoms with Gasteiger partial charge in [-0.2, -0.15) is 0 Å². The van der Waals surface area contributed by atoms with E-state index in [1.54, 1.807) is 12.1 Å². The molecule has 0 saturated heterocycles. The molecule has 2 heteroatoms. The summed E-state index contributed by atoms with van der Waals surface area (Å²) in [5.74, 6) is 0.205. The van der Waals surface area contributed by atoms with Gasteiger partial charge in [0, 0.05) is 11.1 Å². The zero-order valence-electron chi connectivity index (χ0n) is 21.6. The summed E-state index contributed by atoms with van der Waals surface area (Å²) < 4.78 is 0. The predicted molar refractivity (Wildman–Crippen MR) is 159 cm³/mol. The molecule has 2 nitrogen and oxygen atoms in total. The molecule has 0 amide bonds. The lowest BCUT2D eigenvalue weighted by Crippen LogP contribution is -1.91. The zero-order chi connectivity index (χ0) is 26.5. The maximum atomic E-state index is 11.1. The smallest absolute Gasteiger partial charge is 0.123 e. The minimum absolute atomic E-state index is 0.103. The van der Waals surface area contributed by atoms with Crippen molar-refractivity contribution < 1.29 is 10.2 Å². The van der Waals surface area contributed by atoms with E-state index in [9.17, 15) is 10.2 Å². The highest BCUT2D eigenvalue weighted by Gasteiger charge is 2.12. The van der Waals surface area contributed by atoms with Crippen molar-refractivity contribution in [2.75, 3.05) is 0 Å². The van der Waals surface area contributed by atoms with Gasteiger partial charge in [0.15, 0.2) is 0 Å². The maximum absolute atomic E-state index is 11.1. The van der Waals surface area contributed by atoms with Crippen LogP contribution in [0.5, 0.6) is 11.5 Å². The van der Waals surface area contributed by atoms with Crippen molar-refractivity contribution in [2.24, 2.45) is 0 Å². The van der Waals surface area contributed by atoms with E-state index in [1.807, 2.05) is 72.8 Å². The first-order valence-electron chi connectivity index (χ1n) is 12.7. The lowest BCUT2D eigenvalue weighted by Gasteiger charge is -2.13. The highest BCUT2D eigenvalue weighted by molar-refractivity contribution is 5.95. The monoisotopic (exact) mass is 494 g/mol. The van der Waals surface area contributed by atoms with Gasteiger partial charge in [-0.25, -0.2) is 0 Å². The van der Waals surface area contributed by atoms with Gasteiger partial charge in [0.1, 0.15) is 11.5 Å². The number of phenols is 2. The first-order valence-corrected chi connectivity index (χ1v) is 12.7. The van der Waals surface area contributed by atoms with Crippen molar-refractivity contribution in [1.82, 2.24) is 0 Å². The molecule has 0 unspecified atom stereocenters. The Morgan fingerprint density at radius 3 is 1.11 bits per heavy atom. The van der Waals surface area contributed by atoms with E-state index in [0.29, 0.717) is 11.1 Å². The molecule has 0 aliphatic heterocycles. The van der Waals surface area contributed by atoms with E-state index in [1.165, 1.54) is 11.1 Å². The highest BCUT2D eigenvalue weighted by atomic mass is 16.3. The van der Waals surface area contributed by atoms with E-state index < -0.39 is 0 Å². The summed E-state index contributed by atoms with van der Waals surface area (Å²) in [6.07, 6.45) is 3.86. The van der Waals surface area contributed by atoms with Crippen LogP contribution >= 0.6 is 0 Å². The average molecular weight is 495 g/mol. The molecule has 0 heterocycles. The third-order valence-electron chi connectivity index (χ3n) is 6.67. The van der Waals surface area contributed by atoms with Crippen LogP contribution in [0.4, 0.5) is 0 Å². The summed E-state index contributed by atoms with van der Waals surface area (Å²) in [6, 6.07) is 40.1. The van der Waals surface area contributed by atoms with Crippen LogP contribution in [0.1, 0.15) is 44.5 Å². The van der Waals surface area contributed by atoms with Gasteiger partial charge in [-0.3, -0.25) is 0 Å². The van der Waals surface area contributed by atoms with Crippen LogP contribution < -0.4 is 0 Å². The van der Waals surface area contributed by atoms with Crippen LogP contribution in [0.25, 0.3) is 23.3 Å². The third-order valence-corrected chi connectivity index (χ3v) is 6.67. The van der Waals surface area contributed by atoms with E-state index in [0.717, 1.165) is 33.4 Å². The zero-order valence-corrected chi connectivity index (χ0v) is 21.6. The molecule has 5 rings (SSSR count). The second-order valence-electron chi connectivity index (χ2n) is 9.55. The number of aromatic hydroxyl groups is 2. The third kappa shape index (κ3) is 5.61. The molecule has 2 N–H and O–H groups in total. The molecule has 5 aromatic rings.